The highest BCUT2D eigenvalue weighted by molar-refractivity contribution is 5.80. The third kappa shape index (κ3) is 1.89. The van der Waals surface area contributed by atoms with Gasteiger partial charge in [-0.3, -0.25) is 0 Å². The molecule has 0 saturated heterocycles. The number of fused-ring (bicyclic) bond motifs is 1. The summed E-state index contributed by atoms with van der Waals surface area (Å²) in [6, 6.07) is 6.93. The van der Waals surface area contributed by atoms with Gasteiger partial charge >= 0.3 is 6.18 Å². The lowest BCUT2D eigenvalue weighted by molar-refractivity contribution is -0.137. The van der Waals surface area contributed by atoms with Crippen molar-refractivity contribution in [1.82, 2.24) is 9.55 Å². The van der Waals surface area contributed by atoms with Crippen LogP contribution in [-0.4, -0.2) is 9.55 Å². The summed E-state index contributed by atoms with van der Waals surface area (Å²) in [5.74, 6) is 1.02. The lowest BCUT2D eigenvalue weighted by atomic mass is 10.2. The van der Waals surface area contributed by atoms with E-state index in [1.807, 2.05) is 0 Å². The molecule has 0 fully saturated rings. The molecule has 0 radical (unpaired) electrons. The lowest BCUT2D eigenvalue weighted by Crippen LogP contribution is -2.04. The number of imidazole rings is 1. The minimum atomic E-state index is -4.36. The van der Waals surface area contributed by atoms with Gasteiger partial charge in [0.1, 0.15) is 0 Å². The summed E-state index contributed by atoms with van der Waals surface area (Å²) < 4.78 is 44.9. The van der Waals surface area contributed by atoms with Gasteiger partial charge in [-0.1, -0.05) is 0 Å². The van der Waals surface area contributed by atoms with E-state index in [0.29, 0.717) is 22.6 Å². The van der Waals surface area contributed by atoms with Crippen molar-refractivity contribution in [1.29, 1.82) is 0 Å². The summed E-state index contributed by atoms with van der Waals surface area (Å²) in [5, 5.41) is 0. The quantitative estimate of drug-likeness (QED) is 0.669. The van der Waals surface area contributed by atoms with Gasteiger partial charge in [-0.15, -0.1) is 0 Å². The van der Waals surface area contributed by atoms with Crippen molar-refractivity contribution in [2.24, 2.45) is 7.05 Å². The minimum Gasteiger partial charge on any atom is -0.461 e. The van der Waals surface area contributed by atoms with Gasteiger partial charge in [0.2, 0.25) is 0 Å². The Labute approximate surface area is 106 Å². The van der Waals surface area contributed by atoms with Gasteiger partial charge < -0.3 is 8.98 Å². The van der Waals surface area contributed by atoms with E-state index in [1.54, 1.807) is 23.7 Å². The van der Waals surface area contributed by atoms with Crippen molar-refractivity contribution in [3.05, 3.63) is 42.2 Å². The lowest BCUT2D eigenvalue weighted by Gasteiger charge is -2.05. The molecule has 2 aromatic heterocycles. The van der Waals surface area contributed by atoms with Crippen LogP contribution in [0.1, 0.15) is 5.56 Å². The molecule has 0 atom stereocenters. The molecule has 0 N–H and O–H groups in total. The predicted molar refractivity (Wildman–Crippen MR) is 63.4 cm³/mol. The zero-order valence-electron chi connectivity index (χ0n) is 9.90. The van der Waals surface area contributed by atoms with Gasteiger partial charge in [-0.05, 0) is 30.3 Å². The normalized spacial score (nSPS) is 12.2. The number of furan rings is 1. The summed E-state index contributed by atoms with van der Waals surface area (Å²) in [7, 11) is 1.74. The zero-order chi connectivity index (χ0) is 13.6. The van der Waals surface area contributed by atoms with Crippen molar-refractivity contribution < 1.29 is 17.6 Å². The first-order valence-corrected chi connectivity index (χ1v) is 5.54. The number of aromatic nitrogens is 2. The number of aryl methyl sites for hydroxylation is 1. The van der Waals surface area contributed by atoms with Crippen molar-refractivity contribution in [3.8, 4) is 11.6 Å². The van der Waals surface area contributed by atoms with Crippen LogP contribution in [-0.2, 0) is 13.2 Å². The van der Waals surface area contributed by atoms with Crippen molar-refractivity contribution in [2.75, 3.05) is 0 Å². The number of alkyl halides is 3. The van der Waals surface area contributed by atoms with Gasteiger partial charge in [0.15, 0.2) is 11.6 Å². The summed E-state index contributed by atoms with van der Waals surface area (Å²) in [4.78, 5) is 4.20. The molecule has 2 heterocycles. The molecule has 0 spiro atoms. The Morgan fingerprint density at radius 3 is 2.63 bits per heavy atom. The third-order valence-corrected chi connectivity index (χ3v) is 2.95. The maximum atomic E-state index is 12.6. The first-order chi connectivity index (χ1) is 8.97. The maximum absolute atomic E-state index is 12.6. The van der Waals surface area contributed by atoms with Gasteiger partial charge in [0.25, 0.3) is 0 Å². The largest absolute Gasteiger partial charge is 0.461 e. The molecule has 19 heavy (non-hydrogen) atoms. The summed E-state index contributed by atoms with van der Waals surface area (Å²) in [5.41, 5.74) is 0.215. The van der Waals surface area contributed by atoms with Crippen LogP contribution < -0.4 is 0 Å². The van der Waals surface area contributed by atoms with Crippen LogP contribution in [0.5, 0.6) is 0 Å². The summed E-state index contributed by atoms with van der Waals surface area (Å²) in [6.07, 6.45) is -2.87. The van der Waals surface area contributed by atoms with Crippen molar-refractivity contribution >= 4 is 11.0 Å². The summed E-state index contributed by atoms with van der Waals surface area (Å²) in [6.45, 7) is 0. The van der Waals surface area contributed by atoms with E-state index in [4.69, 9.17) is 4.42 Å². The highest BCUT2D eigenvalue weighted by Crippen LogP contribution is 2.32. The van der Waals surface area contributed by atoms with Crippen molar-refractivity contribution in [2.45, 2.75) is 6.18 Å². The van der Waals surface area contributed by atoms with E-state index in [0.717, 1.165) is 12.1 Å². The number of benzene rings is 1. The molecule has 0 unspecified atom stereocenters. The molecule has 0 amide bonds. The SMILES string of the molecule is Cn1c(-c2ccco2)nc2cc(C(F)(F)F)ccc21. The topological polar surface area (TPSA) is 31.0 Å². The Morgan fingerprint density at radius 2 is 2.00 bits per heavy atom. The highest BCUT2D eigenvalue weighted by atomic mass is 19.4. The number of nitrogens with zero attached hydrogens (tertiary/aromatic N) is 2. The second-order valence-electron chi connectivity index (χ2n) is 4.17. The monoisotopic (exact) mass is 266 g/mol. The predicted octanol–water partition coefficient (Wildman–Crippen LogP) is 3.85. The average molecular weight is 266 g/mol. The number of hydrogen-bond donors (Lipinski definition) is 0. The first kappa shape index (κ1) is 11.8. The van der Waals surface area contributed by atoms with Gasteiger partial charge in [0, 0.05) is 7.05 Å². The van der Waals surface area contributed by atoms with E-state index in [9.17, 15) is 13.2 Å². The first-order valence-electron chi connectivity index (χ1n) is 5.54. The van der Waals surface area contributed by atoms with Crippen LogP contribution >= 0.6 is 0 Å². The third-order valence-electron chi connectivity index (χ3n) is 2.95. The Hall–Kier alpha value is -2.24. The number of hydrogen-bond acceptors (Lipinski definition) is 2. The molecule has 0 aliphatic carbocycles. The molecule has 0 aliphatic heterocycles. The van der Waals surface area contributed by atoms with Crippen LogP contribution in [0, 0.1) is 0 Å². The Bertz CT molecular complexity index is 726. The van der Waals surface area contributed by atoms with E-state index in [1.165, 1.54) is 12.3 Å². The zero-order valence-corrected chi connectivity index (χ0v) is 9.90. The van der Waals surface area contributed by atoms with Gasteiger partial charge in [0.05, 0.1) is 22.9 Å². The second-order valence-corrected chi connectivity index (χ2v) is 4.17. The molecule has 3 aromatic rings. The maximum Gasteiger partial charge on any atom is 0.416 e. The average Bonchev–Trinajstić information content (AvgIpc) is 2.96. The van der Waals surface area contributed by atoms with E-state index >= 15 is 0 Å². The van der Waals surface area contributed by atoms with Crippen LogP contribution in [0.25, 0.3) is 22.6 Å². The fourth-order valence-electron chi connectivity index (χ4n) is 2.00. The standard InChI is InChI=1S/C13H9F3N2O/c1-18-10-5-4-8(13(14,15)16)7-9(10)17-12(18)11-3-2-6-19-11/h2-7H,1H3. The fourth-order valence-corrected chi connectivity index (χ4v) is 2.00. The number of halogens is 3. The van der Waals surface area contributed by atoms with Crippen LogP contribution in [0.2, 0.25) is 0 Å². The van der Waals surface area contributed by atoms with Crippen LogP contribution in [0.3, 0.4) is 0 Å². The minimum absolute atomic E-state index is 0.295. The Morgan fingerprint density at radius 1 is 1.21 bits per heavy atom. The van der Waals surface area contributed by atoms with Crippen LogP contribution in [0.15, 0.2) is 41.0 Å². The molecule has 0 bridgehead atoms. The molecule has 3 rings (SSSR count). The van der Waals surface area contributed by atoms with E-state index in [-0.39, 0.29) is 0 Å². The van der Waals surface area contributed by atoms with E-state index < -0.39 is 11.7 Å². The number of rotatable bonds is 1. The molecule has 3 nitrogen and oxygen atoms in total. The van der Waals surface area contributed by atoms with Crippen LogP contribution in [0.4, 0.5) is 13.2 Å². The second kappa shape index (κ2) is 3.88. The highest BCUT2D eigenvalue weighted by Gasteiger charge is 2.31. The molecule has 0 saturated carbocycles. The van der Waals surface area contributed by atoms with Gasteiger partial charge in [-0.25, -0.2) is 4.98 Å². The molecule has 6 heteroatoms. The summed E-state index contributed by atoms with van der Waals surface area (Å²) >= 11 is 0. The molecule has 1 aromatic carbocycles. The smallest absolute Gasteiger partial charge is 0.416 e. The van der Waals surface area contributed by atoms with Gasteiger partial charge in [-0.2, -0.15) is 13.2 Å². The molecule has 0 aliphatic rings. The molecular weight excluding hydrogens is 257 g/mol. The van der Waals surface area contributed by atoms with E-state index in [2.05, 4.69) is 4.98 Å². The van der Waals surface area contributed by atoms with Crippen molar-refractivity contribution in [3.63, 3.8) is 0 Å². The fraction of sp³-hybridized carbons (Fsp3) is 0.154. The molecule has 98 valence electrons. The Kier molecular flexibility index (Phi) is 2.41. The Balaban J connectivity index is 2.21. The molecular formula is C13H9F3N2O.